The molecule has 12 aromatic rings. The van der Waals surface area contributed by atoms with E-state index in [0.29, 0.717) is 0 Å². The van der Waals surface area contributed by atoms with E-state index in [1.807, 2.05) is 6.07 Å². The summed E-state index contributed by atoms with van der Waals surface area (Å²) >= 11 is 0. The monoisotopic (exact) mass is 756 g/mol. The third-order valence-electron chi connectivity index (χ3n) is 12.3. The molecular weight excluding hydrogens is 721 g/mol. The van der Waals surface area contributed by atoms with Gasteiger partial charge in [0.25, 0.3) is 0 Å². The van der Waals surface area contributed by atoms with Crippen molar-refractivity contribution in [2.24, 2.45) is 0 Å². The summed E-state index contributed by atoms with van der Waals surface area (Å²) in [6, 6.07) is 80.3. The first-order valence-electron chi connectivity index (χ1n) is 19.9. The van der Waals surface area contributed by atoms with Gasteiger partial charge in [-0.3, -0.25) is 0 Å². The molecule has 0 spiro atoms. The molecule has 3 nitrogen and oxygen atoms in total. The minimum Gasteiger partial charge on any atom is -0.454 e. The number of hydrogen-bond acceptors (Lipinski definition) is 1. The highest BCUT2D eigenvalue weighted by Crippen LogP contribution is 2.40. The topological polar surface area (TPSA) is 23.0 Å². The number of furan rings is 1. The molecule has 0 radical (unpaired) electrons. The molecule has 0 fully saturated rings. The molecule has 0 aliphatic carbocycles. The highest BCUT2D eigenvalue weighted by Gasteiger charge is 2.43. The molecule has 3 heterocycles. The molecule has 272 valence electrons. The fourth-order valence-electron chi connectivity index (χ4n) is 9.89. The van der Waals surface area contributed by atoms with Crippen LogP contribution < -0.4 is 20.7 Å². The van der Waals surface area contributed by atoms with Gasteiger partial charge >= 0.3 is 0 Å². The number of aromatic nitrogens is 2. The van der Waals surface area contributed by atoms with E-state index in [4.69, 9.17) is 4.42 Å². The first-order chi connectivity index (χ1) is 28.8. The summed E-state index contributed by atoms with van der Waals surface area (Å²) in [6.07, 6.45) is 0. The van der Waals surface area contributed by atoms with E-state index in [9.17, 15) is 0 Å². The lowest BCUT2D eigenvalue weighted by molar-refractivity contribution is 0.666. The minimum absolute atomic E-state index is 0.895. The maximum atomic E-state index is 6.62. The van der Waals surface area contributed by atoms with Gasteiger partial charge in [0.15, 0.2) is 13.7 Å². The normalized spacial score (nSPS) is 12.1. The van der Waals surface area contributed by atoms with Gasteiger partial charge in [-0.15, -0.1) is 0 Å². The predicted octanol–water partition coefficient (Wildman–Crippen LogP) is 11.2. The summed E-state index contributed by atoms with van der Waals surface area (Å²) in [5.74, 6) is 0. The lowest BCUT2D eigenvalue weighted by Crippen LogP contribution is -2.75. The van der Waals surface area contributed by atoms with Crippen molar-refractivity contribution in [2.75, 3.05) is 0 Å². The van der Waals surface area contributed by atoms with Crippen molar-refractivity contribution in [3.8, 4) is 11.4 Å². The van der Waals surface area contributed by atoms with Crippen LogP contribution in [0.4, 0.5) is 0 Å². The molecule has 0 bridgehead atoms. The van der Waals surface area contributed by atoms with Gasteiger partial charge in [0.1, 0.15) is 5.58 Å². The van der Waals surface area contributed by atoms with Crippen molar-refractivity contribution < 1.29 is 4.42 Å². The summed E-state index contributed by atoms with van der Waals surface area (Å²) in [5, 5.41) is 12.6. The minimum atomic E-state index is -2.90. The molecule has 0 amide bonds. The summed E-state index contributed by atoms with van der Waals surface area (Å²) in [7, 11) is -2.90. The van der Waals surface area contributed by atoms with Crippen LogP contribution in [0, 0.1) is 0 Å². The van der Waals surface area contributed by atoms with Crippen LogP contribution in [0.1, 0.15) is 0 Å². The molecule has 0 saturated carbocycles. The van der Waals surface area contributed by atoms with Crippen molar-refractivity contribution in [3.63, 3.8) is 0 Å². The molecule has 0 aliphatic heterocycles. The number of fused-ring (bicyclic) bond motifs is 9. The van der Waals surface area contributed by atoms with Crippen LogP contribution in [0.2, 0.25) is 0 Å². The summed E-state index contributed by atoms with van der Waals surface area (Å²) in [4.78, 5) is 0. The second-order valence-electron chi connectivity index (χ2n) is 15.2. The maximum Gasteiger partial charge on any atom is 0.181 e. The van der Waals surface area contributed by atoms with E-state index in [1.54, 1.807) is 0 Å². The van der Waals surface area contributed by atoms with Crippen molar-refractivity contribution >= 4 is 94.4 Å². The molecule has 0 saturated heterocycles. The van der Waals surface area contributed by atoms with Gasteiger partial charge in [-0.25, -0.2) is 0 Å². The summed E-state index contributed by atoms with van der Waals surface area (Å²) in [6.45, 7) is 0. The Labute approximate surface area is 336 Å². The smallest absolute Gasteiger partial charge is 0.181 e. The van der Waals surface area contributed by atoms with E-state index in [1.165, 1.54) is 53.3 Å². The van der Waals surface area contributed by atoms with Crippen LogP contribution in [0.5, 0.6) is 0 Å². The molecule has 0 unspecified atom stereocenters. The van der Waals surface area contributed by atoms with Gasteiger partial charge < -0.3 is 13.6 Å². The Morgan fingerprint density at radius 3 is 1.52 bits per heavy atom. The van der Waals surface area contributed by atoms with Gasteiger partial charge in [-0.05, 0) is 63.2 Å². The molecule has 12 rings (SSSR count). The zero-order valence-corrected chi connectivity index (χ0v) is 32.6. The fraction of sp³-hybridized carbons (Fsp3) is 0. The standard InChI is InChI=1S/C54H36N2OSi/c1-4-18-38(19-5-1)58(39-20-6-2-7-21-39,40-22-8-3-9-23-40)52-33-17-27-44-41-24-10-13-29-47(41)55(53(44)52)37-34-35-49-46(36-37)42-25-11-14-30-48(42)56(49)50-31-16-28-45-43-26-12-15-32-51(43)57-54(45)50/h1-36H. The zero-order valence-electron chi connectivity index (χ0n) is 31.6. The average molecular weight is 757 g/mol. The Hall–Kier alpha value is -7.40. The van der Waals surface area contributed by atoms with Gasteiger partial charge in [0.05, 0.1) is 27.8 Å². The van der Waals surface area contributed by atoms with Gasteiger partial charge in [-0.1, -0.05) is 176 Å². The van der Waals surface area contributed by atoms with E-state index in [2.05, 4.69) is 221 Å². The van der Waals surface area contributed by atoms with Gasteiger partial charge in [0, 0.05) is 38.0 Å². The zero-order chi connectivity index (χ0) is 38.2. The SMILES string of the molecule is c1ccc([Si](c2ccccc2)(c2ccccc2)c2cccc3c4ccccc4n(-c4ccc5c(c4)c4ccccc4n5-c4cccc5c4oc4ccccc45)c23)cc1. The van der Waals surface area contributed by atoms with Gasteiger partial charge in [-0.2, -0.15) is 0 Å². The Bertz CT molecular complexity index is 3410. The van der Waals surface area contributed by atoms with Crippen LogP contribution in [-0.2, 0) is 0 Å². The second kappa shape index (κ2) is 12.8. The van der Waals surface area contributed by atoms with Crippen LogP contribution in [0.3, 0.4) is 0 Å². The van der Waals surface area contributed by atoms with Crippen molar-refractivity contribution in [1.82, 2.24) is 9.13 Å². The predicted molar refractivity (Wildman–Crippen MR) is 246 cm³/mol. The molecule has 0 atom stereocenters. The lowest BCUT2D eigenvalue weighted by Gasteiger charge is -2.35. The Morgan fingerprint density at radius 1 is 0.345 bits per heavy atom. The molecule has 0 N–H and O–H groups in total. The Kier molecular flexibility index (Phi) is 7.25. The van der Waals surface area contributed by atoms with Gasteiger partial charge in [0.2, 0.25) is 0 Å². The fourth-order valence-corrected chi connectivity index (χ4v) is 14.8. The molecule has 4 heteroatoms. The van der Waals surface area contributed by atoms with E-state index in [-0.39, 0.29) is 0 Å². The number of para-hydroxylation sites is 5. The van der Waals surface area contributed by atoms with Crippen molar-refractivity contribution in [2.45, 2.75) is 0 Å². The van der Waals surface area contributed by atoms with E-state index < -0.39 is 8.07 Å². The maximum absolute atomic E-state index is 6.62. The molecule has 58 heavy (non-hydrogen) atoms. The van der Waals surface area contributed by atoms with Crippen molar-refractivity contribution in [1.29, 1.82) is 0 Å². The van der Waals surface area contributed by atoms with Crippen molar-refractivity contribution in [3.05, 3.63) is 218 Å². The highest BCUT2D eigenvalue weighted by molar-refractivity contribution is 7.20. The van der Waals surface area contributed by atoms with E-state index >= 15 is 0 Å². The summed E-state index contributed by atoms with van der Waals surface area (Å²) in [5.41, 5.74) is 8.70. The van der Waals surface area contributed by atoms with Crippen LogP contribution in [-0.4, -0.2) is 17.2 Å². The number of hydrogen-bond donors (Lipinski definition) is 0. The van der Waals surface area contributed by atoms with Crippen LogP contribution >= 0.6 is 0 Å². The third kappa shape index (κ3) is 4.61. The molecule has 3 aromatic heterocycles. The first-order valence-corrected chi connectivity index (χ1v) is 21.9. The Balaban J connectivity index is 1.19. The Morgan fingerprint density at radius 2 is 0.845 bits per heavy atom. The number of nitrogens with zero attached hydrogens (tertiary/aromatic N) is 2. The molecule has 9 aromatic carbocycles. The number of rotatable bonds is 6. The average Bonchev–Trinajstić information content (AvgIpc) is 3.96. The molecular formula is C54H36N2OSi. The third-order valence-corrected chi connectivity index (χ3v) is 17.1. The highest BCUT2D eigenvalue weighted by atomic mass is 28.3. The van der Waals surface area contributed by atoms with E-state index in [0.717, 1.165) is 44.3 Å². The summed E-state index contributed by atoms with van der Waals surface area (Å²) < 4.78 is 11.5. The number of benzene rings is 9. The van der Waals surface area contributed by atoms with Crippen LogP contribution in [0.15, 0.2) is 223 Å². The molecule has 0 aliphatic rings. The largest absolute Gasteiger partial charge is 0.454 e. The lowest BCUT2D eigenvalue weighted by atomic mass is 10.1. The van der Waals surface area contributed by atoms with Crippen LogP contribution in [0.25, 0.3) is 76.9 Å². The quantitative estimate of drug-likeness (QED) is 0.122. The first kappa shape index (κ1) is 32.8. The second-order valence-corrected chi connectivity index (χ2v) is 19.0.